The van der Waals surface area contributed by atoms with Gasteiger partial charge in [-0.25, -0.2) is 4.68 Å². The van der Waals surface area contributed by atoms with E-state index in [0.717, 1.165) is 10.4 Å². The number of carbonyl (C=O) groups is 1. The lowest BCUT2D eigenvalue weighted by atomic mass is 10.3. The van der Waals surface area contributed by atoms with Crippen LogP contribution < -0.4 is 10.9 Å². The first kappa shape index (κ1) is 11.5. The quantitative estimate of drug-likeness (QED) is 0.855. The summed E-state index contributed by atoms with van der Waals surface area (Å²) in [5.41, 5.74) is 0.784. The van der Waals surface area contributed by atoms with Crippen molar-refractivity contribution < 1.29 is 4.79 Å². The molecule has 0 aromatic carbocycles. The maximum atomic E-state index is 11.8. The third kappa shape index (κ3) is 2.56. The molecular formula is C10H10N4O2S. The van der Waals surface area contributed by atoms with Crippen molar-refractivity contribution in [3.63, 3.8) is 0 Å². The molecule has 7 heteroatoms. The summed E-state index contributed by atoms with van der Waals surface area (Å²) < 4.78 is 5.16. The fraction of sp³-hybridized carbons (Fsp3) is 0.200. The number of amides is 1. The molecule has 0 spiro atoms. The van der Waals surface area contributed by atoms with Crippen LogP contribution in [0, 0.1) is 6.92 Å². The lowest BCUT2D eigenvalue weighted by molar-refractivity contribution is 0.102. The number of nitrogens with one attached hydrogen (secondary N) is 1. The van der Waals surface area contributed by atoms with E-state index in [1.54, 1.807) is 6.07 Å². The predicted octanol–water partition coefficient (Wildman–Crippen LogP) is 0.798. The first-order valence-electron chi connectivity index (χ1n) is 4.85. The molecular weight excluding hydrogens is 240 g/mol. The Hall–Kier alpha value is -2.02. The number of aromatic nitrogens is 3. The SMILES string of the molecule is Cc1cc(NC(=O)c2ccc(=O)n(C)n2)sn1. The molecule has 0 radical (unpaired) electrons. The van der Waals surface area contributed by atoms with Crippen LogP contribution in [-0.2, 0) is 7.05 Å². The maximum absolute atomic E-state index is 11.8. The summed E-state index contributed by atoms with van der Waals surface area (Å²) >= 11 is 1.20. The number of anilines is 1. The minimum atomic E-state index is -0.357. The molecule has 2 aromatic heterocycles. The summed E-state index contributed by atoms with van der Waals surface area (Å²) in [6.07, 6.45) is 0. The van der Waals surface area contributed by atoms with E-state index >= 15 is 0 Å². The smallest absolute Gasteiger partial charge is 0.276 e. The van der Waals surface area contributed by atoms with Crippen molar-refractivity contribution in [3.05, 3.63) is 39.9 Å². The molecule has 0 unspecified atom stereocenters. The van der Waals surface area contributed by atoms with Gasteiger partial charge in [0.25, 0.3) is 11.5 Å². The number of carbonyl (C=O) groups excluding carboxylic acids is 1. The maximum Gasteiger partial charge on any atom is 0.276 e. The monoisotopic (exact) mass is 250 g/mol. The highest BCUT2D eigenvalue weighted by Crippen LogP contribution is 2.15. The highest BCUT2D eigenvalue weighted by atomic mass is 32.1. The summed E-state index contributed by atoms with van der Waals surface area (Å²) in [6.45, 7) is 1.84. The van der Waals surface area contributed by atoms with Crippen molar-refractivity contribution in [2.24, 2.45) is 7.05 Å². The molecule has 0 aliphatic heterocycles. The van der Waals surface area contributed by atoms with Gasteiger partial charge in [0.1, 0.15) is 10.7 Å². The predicted molar refractivity (Wildman–Crippen MR) is 64.3 cm³/mol. The van der Waals surface area contributed by atoms with Gasteiger partial charge < -0.3 is 5.32 Å². The molecule has 2 rings (SSSR count). The van der Waals surface area contributed by atoms with E-state index in [0.29, 0.717) is 5.00 Å². The van der Waals surface area contributed by atoms with Crippen molar-refractivity contribution in [1.82, 2.24) is 14.2 Å². The van der Waals surface area contributed by atoms with E-state index in [1.807, 2.05) is 6.92 Å². The Kier molecular flexibility index (Phi) is 3.01. The summed E-state index contributed by atoms with van der Waals surface area (Å²) in [6, 6.07) is 4.47. The zero-order chi connectivity index (χ0) is 12.4. The van der Waals surface area contributed by atoms with E-state index in [1.165, 1.54) is 30.7 Å². The molecule has 1 amide bonds. The standard InChI is InChI=1S/C10H10N4O2S/c1-6-5-8(17-13-6)11-10(16)7-3-4-9(15)14(2)12-7/h3-5H,1-2H3,(H,11,16). The molecule has 2 aromatic rings. The first-order valence-corrected chi connectivity index (χ1v) is 5.62. The Morgan fingerprint density at radius 1 is 1.47 bits per heavy atom. The van der Waals surface area contributed by atoms with Crippen LogP contribution in [0.25, 0.3) is 0 Å². The van der Waals surface area contributed by atoms with Crippen molar-refractivity contribution >= 4 is 22.4 Å². The van der Waals surface area contributed by atoms with Gasteiger partial charge in [-0.15, -0.1) is 0 Å². The van der Waals surface area contributed by atoms with Gasteiger partial charge in [0.15, 0.2) is 0 Å². The van der Waals surface area contributed by atoms with Crippen molar-refractivity contribution in [2.75, 3.05) is 5.32 Å². The van der Waals surface area contributed by atoms with Gasteiger partial charge in [-0.05, 0) is 30.6 Å². The number of hydrogen-bond acceptors (Lipinski definition) is 5. The fourth-order valence-corrected chi connectivity index (χ4v) is 1.88. The third-order valence-corrected chi connectivity index (χ3v) is 2.85. The molecule has 2 heterocycles. The lowest BCUT2D eigenvalue weighted by Gasteiger charge is -2.02. The molecule has 6 nitrogen and oxygen atoms in total. The molecule has 1 N–H and O–H groups in total. The summed E-state index contributed by atoms with van der Waals surface area (Å²) in [5, 5.41) is 7.17. The normalized spacial score (nSPS) is 10.2. The van der Waals surface area contributed by atoms with Crippen LogP contribution in [0.15, 0.2) is 23.0 Å². The average molecular weight is 250 g/mol. The number of nitrogens with zero attached hydrogens (tertiary/aromatic N) is 3. The number of aryl methyl sites for hydroxylation is 2. The highest BCUT2D eigenvalue weighted by Gasteiger charge is 2.10. The Bertz CT molecular complexity index is 617. The topological polar surface area (TPSA) is 76.9 Å². The number of hydrogen-bond donors (Lipinski definition) is 1. The van der Waals surface area contributed by atoms with E-state index < -0.39 is 0 Å². The largest absolute Gasteiger partial charge is 0.311 e. The molecule has 0 bridgehead atoms. The molecule has 17 heavy (non-hydrogen) atoms. The first-order chi connectivity index (χ1) is 8.06. The van der Waals surface area contributed by atoms with Crippen molar-refractivity contribution in [3.8, 4) is 0 Å². The second-order valence-corrected chi connectivity index (χ2v) is 4.27. The van der Waals surface area contributed by atoms with Gasteiger partial charge in [-0.1, -0.05) is 0 Å². The molecule has 0 aliphatic rings. The van der Waals surface area contributed by atoms with Crippen LogP contribution in [0.4, 0.5) is 5.00 Å². The Labute approximate surface area is 101 Å². The highest BCUT2D eigenvalue weighted by molar-refractivity contribution is 7.10. The van der Waals surface area contributed by atoms with Gasteiger partial charge >= 0.3 is 0 Å². The molecule has 0 fully saturated rings. The van der Waals surface area contributed by atoms with E-state index in [-0.39, 0.29) is 17.2 Å². The van der Waals surface area contributed by atoms with Crippen LogP contribution in [0.1, 0.15) is 16.2 Å². The minimum absolute atomic E-state index is 0.193. The van der Waals surface area contributed by atoms with Crippen molar-refractivity contribution in [2.45, 2.75) is 6.92 Å². The second kappa shape index (κ2) is 4.46. The molecule has 88 valence electrons. The van der Waals surface area contributed by atoms with E-state index in [4.69, 9.17) is 0 Å². The Morgan fingerprint density at radius 3 is 2.82 bits per heavy atom. The fourth-order valence-electron chi connectivity index (χ4n) is 1.22. The lowest BCUT2D eigenvalue weighted by Crippen LogP contribution is -2.23. The Balaban J connectivity index is 2.20. The summed E-state index contributed by atoms with van der Waals surface area (Å²) in [7, 11) is 1.50. The van der Waals surface area contributed by atoms with Crippen LogP contribution in [0.5, 0.6) is 0 Å². The van der Waals surface area contributed by atoms with Crippen LogP contribution in [0.2, 0.25) is 0 Å². The molecule has 0 atom stereocenters. The van der Waals surface area contributed by atoms with Crippen molar-refractivity contribution in [1.29, 1.82) is 0 Å². The van der Waals surface area contributed by atoms with Gasteiger partial charge in [-0.2, -0.15) is 9.47 Å². The van der Waals surface area contributed by atoms with Gasteiger partial charge in [-0.3, -0.25) is 9.59 Å². The minimum Gasteiger partial charge on any atom is -0.311 e. The zero-order valence-electron chi connectivity index (χ0n) is 9.30. The second-order valence-electron chi connectivity index (χ2n) is 3.47. The van der Waals surface area contributed by atoms with Gasteiger partial charge in [0.05, 0.1) is 5.69 Å². The molecule has 0 aliphatic carbocycles. The summed E-state index contributed by atoms with van der Waals surface area (Å²) in [5.74, 6) is -0.357. The van der Waals surface area contributed by atoms with Crippen LogP contribution >= 0.6 is 11.5 Å². The van der Waals surface area contributed by atoms with Gasteiger partial charge in [0.2, 0.25) is 0 Å². The van der Waals surface area contributed by atoms with E-state index in [2.05, 4.69) is 14.8 Å². The Morgan fingerprint density at radius 2 is 2.24 bits per heavy atom. The number of rotatable bonds is 2. The van der Waals surface area contributed by atoms with Gasteiger partial charge in [0, 0.05) is 13.1 Å². The molecule has 0 saturated heterocycles. The third-order valence-electron chi connectivity index (χ3n) is 2.06. The average Bonchev–Trinajstić information content (AvgIpc) is 2.68. The molecule has 0 saturated carbocycles. The zero-order valence-corrected chi connectivity index (χ0v) is 10.1. The van der Waals surface area contributed by atoms with Crippen LogP contribution in [-0.4, -0.2) is 20.1 Å². The summed E-state index contributed by atoms with van der Waals surface area (Å²) in [4.78, 5) is 22.9. The van der Waals surface area contributed by atoms with E-state index in [9.17, 15) is 9.59 Å². The van der Waals surface area contributed by atoms with Crippen LogP contribution in [0.3, 0.4) is 0 Å².